The fourth-order valence-electron chi connectivity index (χ4n) is 2.35. The molecule has 0 aliphatic rings. The molecule has 112 valence electrons. The summed E-state index contributed by atoms with van der Waals surface area (Å²) in [5, 5.41) is 2.54. The molecule has 0 spiro atoms. The highest BCUT2D eigenvalue weighted by molar-refractivity contribution is 7.15. The number of hydrogen-bond donors (Lipinski definition) is 1. The maximum absolute atomic E-state index is 12.8. The molecule has 0 aliphatic carbocycles. The van der Waals surface area contributed by atoms with Gasteiger partial charge in [-0.25, -0.2) is 0 Å². The van der Waals surface area contributed by atoms with E-state index in [4.69, 9.17) is 5.73 Å². The smallest absolute Gasteiger partial charge is 0.257 e. The zero-order valence-electron chi connectivity index (χ0n) is 12.5. The molecule has 2 heterocycles. The first-order chi connectivity index (χ1) is 10.2. The molecule has 2 aromatic heterocycles. The zero-order valence-corrected chi connectivity index (χ0v) is 13.3. The maximum Gasteiger partial charge on any atom is 0.257 e. The van der Waals surface area contributed by atoms with Crippen LogP contribution in [0.25, 0.3) is 11.1 Å². The Labute approximate surface area is 129 Å². The van der Waals surface area contributed by atoms with Gasteiger partial charge in [0, 0.05) is 36.4 Å². The van der Waals surface area contributed by atoms with Crippen LogP contribution in [0.4, 0.5) is 5.00 Å². The van der Waals surface area contributed by atoms with E-state index in [0.717, 1.165) is 37.1 Å². The first-order valence-corrected chi connectivity index (χ1v) is 8.13. The van der Waals surface area contributed by atoms with E-state index in [1.807, 2.05) is 22.4 Å². The second-order valence-corrected chi connectivity index (χ2v) is 5.83. The van der Waals surface area contributed by atoms with E-state index in [-0.39, 0.29) is 5.91 Å². The number of pyridine rings is 1. The quantitative estimate of drug-likeness (QED) is 0.886. The SMILES string of the molecule is CCCN(CCC)C(=O)c1c(-c2ccncc2)csc1N. The molecule has 0 bridgehead atoms. The van der Waals surface area contributed by atoms with Crippen LogP contribution in [0.3, 0.4) is 0 Å². The molecule has 2 aromatic rings. The van der Waals surface area contributed by atoms with Gasteiger partial charge in [-0.3, -0.25) is 9.78 Å². The van der Waals surface area contributed by atoms with Crippen LogP contribution in [-0.4, -0.2) is 28.9 Å². The van der Waals surface area contributed by atoms with Crippen molar-refractivity contribution < 1.29 is 4.79 Å². The summed E-state index contributed by atoms with van der Waals surface area (Å²) in [4.78, 5) is 18.8. The Morgan fingerprint density at radius 1 is 1.24 bits per heavy atom. The largest absolute Gasteiger partial charge is 0.390 e. The van der Waals surface area contributed by atoms with Crippen molar-refractivity contribution in [2.75, 3.05) is 18.8 Å². The average molecular weight is 303 g/mol. The molecule has 4 nitrogen and oxygen atoms in total. The maximum atomic E-state index is 12.8. The number of nitrogen functional groups attached to an aromatic ring is 1. The average Bonchev–Trinajstić information content (AvgIpc) is 2.89. The van der Waals surface area contributed by atoms with Crippen LogP contribution in [0, 0.1) is 0 Å². The molecule has 0 aromatic carbocycles. The van der Waals surface area contributed by atoms with E-state index in [2.05, 4.69) is 18.8 Å². The third-order valence-electron chi connectivity index (χ3n) is 3.30. The van der Waals surface area contributed by atoms with Gasteiger partial charge in [0.05, 0.1) is 10.6 Å². The molecule has 2 rings (SSSR count). The summed E-state index contributed by atoms with van der Waals surface area (Å²) >= 11 is 1.42. The molecule has 0 saturated heterocycles. The highest BCUT2D eigenvalue weighted by Crippen LogP contribution is 2.34. The monoisotopic (exact) mass is 303 g/mol. The molecule has 0 radical (unpaired) electrons. The van der Waals surface area contributed by atoms with Crippen molar-refractivity contribution in [1.29, 1.82) is 0 Å². The van der Waals surface area contributed by atoms with Crippen molar-refractivity contribution in [2.45, 2.75) is 26.7 Å². The predicted octanol–water partition coefficient (Wildman–Crippen LogP) is 3.65. The van der Waals surface area contributed by atoms with Crippen molar-refractivity contribution in [1.82, 2.24) is 9.88 Å². The zero-order chi connectivity index (χ0) is 15.2. The number of amides is 1. The number of nitrogens with two attached hydrogens (primary N) is 1. The van der Waals surface area contributed by atoms with Crippen molar-refractivity contribution in [3.05, 3.63) is 35.5 Å². The lowest BCUT2D eigenvalue weighted by molar-refractivity contribution is 0.0758. The molecule has 21 heavy (non-hydrogen) atoms. The minimum Gasteiger partial charge on any atom is -0.390 e. The standard InChI is InChI=1S/C16H21N3OS/c1-3-9-19(10-4-2)16(20)14-13(11-21-15(14)17)12-5-7-18-8-6-12/h5-8,11H,3-4,9-10,17H2,1-2H3. The molecule has 0 fully saturated rings. The van der Waals surface area contributed by atoms with Crippen LogP contribution in [-0.2, 0) is 0 Å². The van der Waals surface area contributed by atoms with Gasteiger partial charge in [0.25, 0.3) is 5.91 Å². The summed E-state index contributed by atoms with van der Waals surface area (Å²) in [6, 6.07) is 3.81. The third-order valence-corrected chi connectivity index (χ3v) is 4.11. The first kappa shape index (κ1) is 15.5. The van der Waals surface area contributed by atoms with Crippen LogP contribution < -0.4 is 5.73 Å². The van der Waals surface area contributed by atoms with E-state index < -0.39 is 0 Å². The normalized spacial score (nSPS) is 10.6. The van der Waals surface area contributed by atoms with E-state index in [9.17, 15) is 4.79 Å². The van der Waals surface area contributed by atoms with Gasteiger partial charge >= 0.3 is 0 Å². The summed E-state index contributed by atoms with van der Waals surface area (Å²) in [5.41, 5.74) is 8.58. The summed E-state index contributed by atoms with van der Waals surface area (Å²) in [5.74, 6) is 0.0317. The van der Waals surface area contributed by atoms with Crippen LogP contribution in [0.1, 0.15) is 37.0 Å². The molecule has 0 aliphatic heterocycles. The number of anilines is 1. The topological polar surface area (TPSA) is 59.2 Å². The van der Waals surface area contributed by atoms with Gasteiger partial charge in [-0.15, -0.1) is 11.3 Å². The van der Waals surface area contributed by atoms with E-state index in [1.165, 1.54) is 11.3 Å². The lowest BCUT2D eigenvalue weighted by atomic mass is 10.0. The third kappa shape index (κ3) is 3.42. The van der Waals surface area contributed by atoms with Crippen molar-refractivity contribution in [3.8, 4) is 11.1 Å². The van der Waals surface area contributed by atoms with Gasteiger partial charge in [0.2, 0.25) is 0 Å². The second-order valence-electron chi connectivity index (χ2n) is 4.92. The number of carbonyl (C=O) groups is 1. The Morgan fingerprint density at radius 3 is 2.43 bits per heavy atom. The summed E-state index contributed by atoms with van der Waals surface area (Å²) in [6.45, 7) is 5.68. The number of thiophene rings is 1. The second kappa shape index (κ2) is 7.22. The Morgan fingerprint density at radius 2 is 1.86 bits per heavy atom. The van der Waals surface area contributed by atoms with Crippen LogP contribution >= 0.6 is 11.3 Å². The molecule has 0 saturated carbocycles. The Kier molecular flexibility index (Phi) is 5.33. The number of carbonyl (C=O) groups excluding carboxylic acids is 1. The van der Waals surface area contributed by atoms with Gasteiger partial charge < -0.3 is 10.6 Å². The van der Waals surface area contributed by atoms with Gasteiger partial charge in [0.15, 0.2) is 0 Å². The Bertz CT molecular complexity index is 589. The predicted molar refractivity (Wildman–Crippen MR) is 88.4 cm³/mol. The highest BCUT2D eigenvalue weighted by Gasteiger charge is 2.22. The van der Waals surface area contributed by atoms with E-state index >= 15 is 0 Å². The van der Waals surface area contributed by atoms with Gasteiger partial charge in [-0.1, -0.05) is 13.8 Å². The Balaban J connectivity index is 2.39. The summed E-state index contributed by atoms with van der Waals surface area (Å²) in [6.07, 6.45) is 5.35. The van der Waals surface area contributed by atoms with Gasteiger partial charge in [-0.2, -0.15) is 0 Å². The molecule has 0 atom stereocenters. The lowest BCUT2D eigenvalue weighted by Crippen LogP contribution is -2.33. The van der Waals surface area contributed by atoms with Gasteiger partial charge in [0.1, 0.15) is 0 Å². The molecular formula is C16H21N3OS. The molecule has 0 unspecified atom stereocenters. The highest BCUT2D eigenvalue weighted by atomic mass is 32.1. The summed E-state index contributed by atoms with van der Waals surface area (Å²) < 4.78 is 0. The van der Waals surface area contributed by atoms with E-state index in [0.29, 0.717) is 10.6 Å². The van der Waals surface area contributed by atoms with Crippen molar-refractivity contribution >= 4 is 22.2 Å². The number of aromatic nitrogens is 1. The fraction of sp³-hybridized carbons (Fsp3) is 0.375. The molecule has 5 heteroatoms. The number of hydrogen-bond acceptors (Lipinski definition) is 4. The molecule has 2 N–H and O–H groups in total. The molecular weight excluding hydrogens is 282 g/mol. The fourth-order valence-corrected chi connectivity index (χ4v) is 3.16. The van der Waals surface area contributed by atoms with Crippen LogP contribution in [0.2, 0.25) is 0 Å². The van der Waals surface area contributed by atoms with Gasteiger partial charge in [-0.05, 0) is 30.5 Å². The number of nitrogens with zero attached hydrogens (tertiary/aromatic N) is 2. The van der Waals surface area contributed by atoms with Crippen LogP contribution in [0.5, 0.6) is 0 Å². The molecule has 1 amide bonds. The first-order valence-electron chi connectivity index (χ1n) is 7.25. The lowest BCUT2D eigenvalue weighted by Gasteiger charge is -2.22. The minimum atomic E-state index is 0.0317. The number of rotatable bonds is 6. The van der Waals surface area contributed by atoms with Crippen molar-refractivity contribution in [3.63, 3.8) is 0 Å². The Hall–Kier alpha value is -1.88. The van der Waals surface area contributed by atoms with E-state index in [1.54, 1.807) is 12.4 Å². The van der Waals surface area contributed by atoms with Crippen molar-refractivity contribution in [2.24, 2.45) is 0 Å². The van der Waals surface area contributed by atoms with Crippen LogP contribution in [0.15, 0.2) is 29.9 Å². The summed E-state index contributed by atoms with van der Waals surface area (Å²) in [7, 11) is 0. The minimum absolute atomic E-state index is 0.0317.